The molecule has 0 amide bonds. The molecule has 1 heterocycles. The molecular formula is C15H28N2. The molecule has 3 unspecified atom stereocenters. The van der Waals surface area contributed by atoms with Crippen LogP contribution in [-0.2, 0) is 0 Å². The van der Waals surface area contributed by atoms with Crippen molar-refractivity contribution in [2.45, 2.75) is 70.4 Å². The fourth-order valence-electron chi connectivity index (χ4n) is 4.62. The molecule has 3 atom stereocenters. The van der Waals surface area contributed by atoms with Crippen LogP contribution in [0.3, 0.4) is 0 Å². The first-order valence-electron chi connectivity index (χ1n) is 7.71. The highest BCUT2D eigenvalue weighted by atomic mass is 15.2. The van der Waals surface area contributed by atoms with Gasteiger partial charge in [-0.05, 0) is 56.9 Å². The van der Waals surface area contributed by atoms with Crippen LogP contribution >= 0.6 is 0 Å². The molecule has 3 aliphatic rings. The van der Waals surface area contributed by atoms with E-state index in [1.54, 1.807) is 0 Å². The van der Waals surface area contributed by atoms with Gasteiger partial charge in [-0.1, -0.05) is 19.3 Å². The minimum atomic E-state index is 0.391. The molecule has 2 aliphatic carbocycles. The Hall–Kier alpha value is -0.0800. The Balaban J connectivity index is 1.62. The van der Waals surface area contributed by atoms with Crippen LogP contribution < -0.4 is 5.73 Å². The van der Waals surface area contributed by atoms with E-state index < -0.39 is 0 Å². The molecule has 0 aromatic carbocycles. The standard InChI is InChI=1S/C15H28N2/c1-12(16)13-6-10-17(11-13)14-5-9-15(14)7-3-2-4-8-15/h12-14H,2-11,16H2,1H3. The highest BCUT2D eigenvalue weighted by Gasteiger charge is 2.50. The lowest BCUT2D eigenvalue weighted by molar-refractivity contribution is -0.0447. The molecule has 2 N–H and O–H groups in total. The molecule has 98 valence electrons. The van der Waals surface area contributed by atoms with Crippen LogP contribution in [0, 0.1) is 11.3 Å². The van der Waals surface area contributed by atoms with E-state index in [4.69, 9.17) is 5.73 Å². The van der Waals surface area contributed by atoms with Crippen LogP contribution in [0.4, 0.5) is 0 Å². The fraction of sp³-hybridized carbons (Fsp3) is 1.00. The number of nitrogens with two attached hydrogens (primary N) is 1. The Bertz CT molecular complexity index is 268. The summed E-state index contributed by atoms with van der Waals surface area (Å²) < 4.78 is 0. The van der Waals surface area contributed by atoms with Crippen LogP contribution in [0.1, 0.15) is 58.3 Å². The number of likely N-dealkylation sites (tertiary alicyclic amines) is 1. The van der Waals surface area contributed by atoms with Crippen LogP contribution in [-0.4, -0.2) is 30.1 Å². The molecular weight excluding hydrogens is 208 g/mol. The van der Waals surface area contributed by atoms with Gasteiger partial charge in [0.15, 0.2) is 0 Å². The van der Waals surface area contributed by atoms with Gasteiger partial charge in [-0.25, -0.2) is 0 Å². The summed E-state index contributed by atoms with van der Waals surface area (Å²) in [6.45, 7) is 4.79. The predicted molar refractivity (Wildman–Crippen MR) is 71.9 cm³/mol. The third kappa shape index (κ3) is 2.04. The Morgan fingerprint density at radius 2 is 1.88 bits per heavy atom. The van der Waals surface area contributed by atoms with Crippen LogP contribution in [0.15, 0.2) is 0 Å². The van der Waals surface area contributed by atoms with E-state index >= 15 is 0 Å². The fourth-order valence-corrected chi connectivity index (χ4v) is 4.62. The van der Waals surface area contributed by atoms with Gasteiger partial charge in [-0.2, -0.15) is 0 Å². The monoisotopic (exact) mass is 236 g/mol. The first kappa shape index (κ1) is 12.0. The van der Waals surface area contributed by atoms with Gasteiger partial charge in [0.05, 0.1) is 0 Å². The maximum atomic E-state index is 6.06. The minimum Gasteiger partial charge on any atom is -0.328 e. The Morgan fingerprint density at radius 1 is 1.12 bits per heavy atom. The molecule has 0 aromatic rings. The Labute approximate surface area is 106 Å². The zero-order chi connectivity index (χ0) is 11.9. The lowest BCUT2D eigenvalue weighted by atomic mass is 9.57. The number of hydrogen-bond donors (Lipinski definition) is 1. The molecule has 1 spiro atoms. The minimum absolute atomic E-state index is 0.391. The second-order valence-corrected chi connectivity index (χ2v) is 6.88. The second-order valence-electron chi connectivity index (χ2n) is 6.88. The average Bonchev–Trinajstić information content (AvgIpc) is 2.78. The highest BCUT2D eigenvalue weighted by Crippen LogP contribution is 2.54. The molecule has 0 bridgehead atoms. The van der Waals surface area contributed by atoms with Gasteiger partial charge in [0, 0.05) is 18.6 Å². The van der Waals surface area contributed by atoms with E-state index in [1.807, 2.05) is 0 Å². The molecule has 1 aliphatic heterocycles. The molecule has 2 heteroatoms. The van der Waals surface area contributed by atoms with Crippen molar-refractivity contribution < 1.29 is 0 Å². The van der Waals surface area contributed by atoms with Crippen molar-refractivity contribution >= 4 is 0 Å². The number of rotatable bonds is 2. The van der Waals surface area contributed by atoms with E-state index in [9.17, 15) is 0 Å². The Morgan fingerprint density at radius 3 is 2.41 bits per heavy atom. The summed E-state index contributed by atoms with van der Waals surface area (Å²) in [5, 5.41) is 0. The van der Waals surface area contributed by atoms with E-state index in [1.165, 1.54) is 64.5 Å². The van der Waals surface area contributed by atoms with Crippen LogP contribution in [0.2, 0.25) is 0 Å². The smallest absolute Gasteiger partial charge is 0.0152 e. The lowest BCUT2D eigenvalue weighted by Crippen LogP contribution is -2.55. The van der Waals surface area contributed by atoms with Crippen LogP contribution in [0.5, 0.6) is 0 Å². The van der Waals surface area contributed by atoms with Gasteiger partial charge in [-0.3, -0.25) is 4.90 Å². The number of hydrogen-bond acceptors (Lipinski definition) is 2. The third-order valence-electron chi connectivity index (χ3n) is 5.91. The summed E-state index contributed by atoms with van der Waals surface area (Å²) >= 11 is 0. The SMILES string of the molecule is CC(N)C1CCN(C2CCC23CCCCC3)C1. The van der Waals surface area contributed by atoms with Crippen molar-refractivity contribution in [3.8, 4) is 0 Å². The molecule has 1 saturated heterocycles. The molecule has 17 heavy (non-hydrogen) atoms. The molecule has 2 nitrogen and oxygen atoms in total. The number of nitrogens with zero attached hydrogens (tertiary/aromatic N) is 1. The van der Waals surface area contributed by atoms with Gasteiger partial charge in [0.25, 0.3) is 0 Å². The maximum absolute atomic E-state index is 6.06. The largest absolute Gasteiger partial charge is 0.328 e. The van der Waals surface area contributed by atoms with Crippen LogP contribution in [0.25, 0.3) is 0 Å². The maximum Gasteiger partial charge on any atom is 0.0152 e. The van der Waals surface area contributed by atoms with E-state index in [0.29, 0.717) is 6.04 Å². The molecule has 0 radical (unpaired) electrons. The van der Waals surface area contributed by atoms with E-state index in [0.717, 1.165) is 17.4 Å². The first-order valence-corrected chi connectivity index (χ1v) is 7.71. The molecule has 2 saturated carbocycles. The second kappa shape index (κ2) is 4.55. The van der Waals surface area contributed by atoms with Gasteiger partial charge >= 0.3 is 0 Å². The summed E-state index contributed by atoms with van der Waals surface area (Å²) in [6, 6.07) is 1.31. The summed E-state index contributed by atoms with van der Waals surface area (Å²) in [5.41, 5.74) is 6.80. The lowest BCUT2D eigenvalue weighted by Gasteiger charge is -2.56. The van der Waals surface area contributed by atoms with Crippen molar-refractivity contribution in [2.24, 2.45) is 17.1 Å². The highest BCUT2D eigenvalue weighted by molar-refractivity contribution is 5.04. The molecule has 0 aromatic heterocycles. The van der Waals surface area contributed by atoms with Gasteiger partial charge in [-0.15, -0.1) is 0 Å². The normalized spacial score (nSPS) is 39.2. The molecule has 3 rings (SSSR count). The van der Waals surface area contributed by atoms with Crippen molar-refractivity contribution in [3.05, 3.63) is 0 Å². The molecule has 3 fully saturated rings. The Kier molecular flexibility index (Phi) is 3.20. The van der Waals surface area contributed by atoms with E-state index in [-0.39, 0.29) is 0 Å². The summed E-state index contributed by atoms with van der Waals surface area (Å²) in [5.74, 6) is 0.760. The quantitative estimate of drug-likeness (QED) is 0.799. The summed E-state index contributed by atoms with van der Waals surface area (Å²) in [7, 11) is 0. The zero-order valence-electron chi connectivity index (χ0n) is 11.3. The zero-order valence-corrected chi connectivity index (χ0v) is 11.3. The van der Waals surface area contributed by atoms with E-state index in [2.05, 4.69) is 11.8 Å². The summed E-state index contributed by atoms with van der Waals surface area (Å²) in [6.07, 6.45) is 11.8. The van der Waals surface area contributed by atoms with Gasteiger partial charge in [0.1, 0.15) is 0 Å². The summed E-state index contributed by atoms with van der Waals surface area (Å²) in [4.78, 5) is 2.79. The first-order chi connectivity index (χ1) is 8.21. The average molecular weight is 236 g/mol. The van der Waals surface area contributed by atoms with Crippen molar-refractivity contribution in [1.29, 1.82) is 0 Å². The van der Waals surface area contributed by atoms with Crippen molar-refractivity contribution in [1.82, 2.24) is 4.90 Å². The van der Waals surface area contributed by atoms with Crippen molar-refractivity contribution in [3.63, 3.8) is 0 Å². The third-order valence-corrected chi connectivity index (χ3v) is 5.91. The van der Waals surface area contributed by atoms with Gasteiger partial charge < -0.3 is 5.73 Å². The van der Waals surface area contributed by atoms with Gasteiger partial charge in [0.2, 0.25) is 0 Å². The topological polar surface area (TPSA) is 29.3 Å². The van der Waals surface area contributed by atoms with Crippen molar-refractivity contribution in [2.75, 3.05) is 13.1 Å². The predicted octanol–water partition coefficient (Wildman–Crippen LogP) is 2.77.